The van der Waals surface area contributed by atoms with E-state index in [1.54, 1.807) is 13.4 Å². The van der Waals surface area contributed by atoms with Gasteiger partial charge in [-0.1, -0.05) is 6.07 Å². The summed E-state index contributed by atoms with van der Waals surface area (Å²) in [6.45, 7) is 8.84. The van der Waals surface area contributed by atoms with Crippen molar-refractivity contribution in [3.8, 4) is 5.75 Å². The number of aliphatic imine (C=N–C) groups is 1. The van der Waals surface area contributed by atoms with Gasteiger partial charge in [0.2, 0.25) is 0 Å². The van der Waals surface area contributed by atoms with Gasteiger partial charge in [0.1, 0.15) is 11.5 Å². The van der Waals surface area contributed by atoms with E-state index in [2.05, 4.69) is 28.5 Å². The van der Waals surface area contributed by atoms with Crippen LogP contribution in [-0.4, -0.2) is 63.9 Å². The number of nitrogens with zero attached hydrogens (tertiary/aromatic N) is 2. The van der Waals surface area contributed by atoms with Gasteiger partial charge < -0.3 is 24.5 Å². The van der Waals surface area contributed by atoms with Gasteiger partial charge in [0, 0.05) is 39.1 Å². The fourth-order valence-electron chi connectivity index (χ4n) is 3.29. The molecule has 0 saturated carbocycles. The van der Waals surface area contributed by atoms with Crippen molar-refractivity contribution < 1.29 is 13.9 Å². The molecule has 7 heteroatoms. The minimum atomic E-state index is 0.589. The third kappa shape index (κ3) is 7.44. The van der Waals surface area contributed by atoms with Gasteiger partial charge in [-0.2, -0.15) is 0 Å². The Labute approximate surface area is 173 Å². The molecule has 7 nitrogen and oxygen atoms in total. The van der Waals surface area contributed by atoms with E-state index in [0.717, 1.165) is 75.4 Å². The molecule has 1 aromatic heterocycles. The van der Waals surface area contributed by atoms with Crippen LogP contribution in [0.15, 0.2) is 46.0 Å². The first-order chi connectivity index (χ1) is 14.2. The molecular formula is C22H32N4O3. The van der Waals surface area contributed by atoms with E-state index in [4.69, 9.17) is 18.9 Å². The van der Waals surface area contributed by atoms with Crippen molar-refractivity contribution in [1.82, 2.24) is 15.5 Å². The Kier molecular flexibility index (Phi) is 8.40. The molecule has 2 aromatic rings. The molecule has 1 aliphatic rings. The van der Waals surface area contributed by atoms with Crippen molar-refractivity contribution >= 4 is 5.96 Å². The SMILES string of the molecule is COc1cc(C)cc(CN=C(NCCc2ccco2)NCCN2CCOCC2)c1. The van der Waals surface area contributed by atoms with E-state index in [1.807, 2.05) is 24.3 Å². The van der Waals surface area contributed by atoms with Crippen LogP contribution in [0.25, 0.3) is 0 Å². The van der Waals surface area contributed by atoms with Crippen molar-refractivity contribution in [2.75, 3.05) is 53.0 Å². The van der Waals surface area contributed by atoms with Crippen molar-refractivity contribution in [2.45, 2.75) is 19.9 Å². The molecule has 0 bridgehead atoms. The Morgan fingerprint density at radius 3 is 2.76 bits per heavy atom. The number of aryl methyl sites for hydroxylation is 1. The molecule has 158 valence electrons. The highest BCUT2D eigenvalue weighted by atomic mass is 16.5. The van der Waals surface area contributed by atoms with E-state index in [1.165, 1.54) is 5.56 Å². The normalized spacial score (nSPS) is 15.3. The van der Waals surface area contributed by atoms with Gasteiger partial charge in [-0.3, -0.25) is 4.90 Å². The first kappa shape index (κ1) is 21.2. The van der Waals surface area contributed by atoms with Gasteiger partial charge in [-0.05, 0) is 42.3 Å². The third-order valence-electron chi connectivity index (χ3n) is 4.83. The topological polar surface area (TPSA) is 71.3 Å². The quantitative estimate of drug-likeness (QED) is 0.497. The number of furan rings is 1. The second-order valence-corrected chi connectivity index (χ2v) is 7.16. The molecule has 1 saturated heterocycles. The zero-order valence-corrected chi connectivity index (χ0v) is 17.4. The smallest absolute Gasteiger partial charge is 0.191 e. The summed E-state index contributed by atoms with van der Waals surface area (Å²) in [6, 6.07) is 10.1. The van der Waals surface area contributed by atoms with Crippen LogP contribution in [0.4, 0.5) is 0 Å². The van der Waals surface area contributed by atoms with Gasteiger partial charge >= 0.3 is 0 Å². The van der Waals surface area contributed by atoms with Gasteiger partial charge in [0.25, 0.3) is 0 Å². The van der Waals surface area contributed by atoms with Gasteiger partial charge in [0.15, 0.2) is 5.96 Å². The molecular weight excluding hydrogens is 368 g/mol. The second kappa shape index (κ2) is 11.5. The van der Waals surface area contributed by atoms with Crippen molar-refractivity contribution in [2.24, 2.45) is 4.99 Å². The largest absolute Gasteiger partial charge is 0.497 e. The predicted molar refractivity (Wildman–Crippen MR) is 115 cm³/mol. The number of hydrogen-bond donors (Lipinski definition) is 2. The summed E-state index contributed by atoms with van der Waals surface area (Å²) in [6.07, 6.45) is 2.52. The Hall–Kier alpha value is -2.51. The third-order valence-corrected chi connectivity index (χ3v) is 4.83. The highest BCUT2D eigenvalue weighted by molar-refractivity contribution is 5.79. The molecule has 29 heavy (non-hydrogen) atoms. The zero-order valence-electron chi connectivity index (χ0n) is 17.4. The van der Waals surface area contributed by atoms with Crippen molar-refractivity contribution in [3.05, 3.63) is 53.5 Å². The maximum absolute atomic E-state index is 5.41. The molecule has 1 aromatic carbocycles. The standard InChI is InChI=1S/C22H32N4O3/c1-18-14-19(16-21(15-18)27-2)17-25-22(23-6-5-20-4-3-11-29-20)24-7-8-26-9-12-28-13-10-26/h3-4,11,14-16H,5-10,12-13,17H2,1-2H3,(H2,23,24,25). The maximum Gasteiger partial charge on any atom is 0.191 e. The molecule has 1 aliphatic heterocycles. The minimum Gasteiger partial charge on any atom is -0.497 e. The molecule has 0 radical (unpaired) electrons. The number of hydrogen-bond acceptors (Lipinski definition) is 5. The lowest BCUT2D eigenvalue weighted by molar-refractivity contribution is 0.0389. The molecule has 3 rings (SSSR count). The van der Waals surface area contributed by atoms with Crippen LogP contribution in [0, 0.1) is 6.92 Å². The first-order valence-electron chi connectivity index (χ1n) is 10.2. The van der Waals surface area contributed by atoms with Crippen molar-refractivity contribution in [1.29, 1.82) is 0 Å². The lowest BCUT2D eigenvalue weighted by atomic mass is 10.1. The van der Waals surface area contributed by atoms with E-state index >= 15 is 0 Å². The van der Waals surface area contributed by atoms with Crippen LogP contribution in [0.2, 0.25) is 0 Å². The summed E-state index contributed by atoms with van der Waals surface area (Å²) in [7, 11) is 1.69. The zero-order chi connectivity index (χ0) is 20.3. The summed E-state index contributed by atoms with van der Waals surface area (Å²) in [5.74, 6) is 2.64. The number of rotatable bonds is 9. The second-order valence-electron chi connectivity index (χ2n) is 7.16. The maximum atomic E-state index is 5.41. The molecule has 1 fully saturated rings. The van der Waals surface area contributed by atoms with E-state index < -0.39 is 0 Å². The van der Waals surface area contributed by atoms with Gasteiger partial charge in [0.05, 0.1) is 33.1 Å². The van der Waals surface area contributed by atoms with Crippen molar-refractivity contribution in [3.63, 3.8) is 0 Å². The Morgan fingerprint density at radius 1 is 1.17 bits per heavy atom. The highest BCUT2D eigenvalue weighted by Crippen LogP contribution is 2.17. The van der Waals surface area contributed by atoms with Crippen LogP contribution >= 0.6 is 0 Å². The van der Waals surface area contributed by atoms with Crippen LogP contribution in [0.3, 0.4) is 0 Å². The number of morpholine rings is 1. The summed E-state index contributed by atoms with van der Waals surface area (Å²) >= 11 is 0. The average Bonchev–Trinajstić information content (AvgIpc) is 3.25. The van der Waals surface area contributed by atoms with Crippen LogP contribution < -0.4 is 15.4 Å². The molecule has 2 N–H and O–H groups in total. The predicted octanol–water partition coefficient (Wildman–Crippen LogP) is 2.21. The fourth-order valence-corrected chi connectivity index (χ4v) is 3.29. The lowest BCUT2D eigenvalue weighted by Gasteiger charge is -2.26. The monoisotopic (exact) mass is 400 g/mol. The van der Waals surface area contributed by atoms with Gasteiger partial charge in [-0.25, -0.2) is 4.99 Å². The molecule has 0 amide bonds. The number of nitrogens with one attached hydrogen (secondary N) is 2. The number of benzene rings is 1. The summed E-state index contributed by atoms with van der Waals surface area (Å²) in [5.41, 5.74) is 2.30. The fraction of sp³-hybridized carbons (Fsp3) is 0.500. The summed E-state index contributed by atoms with van der Waals surface area (Å²) in [5, 5.41) is 6.87. The minimum absolute atomic E-state index is 0.589. The molecule has 0 spiro atoms. The Balaban J connectivity index is 1.55. The molecule has 0 unspecified atom stereocenters. The van der Waals surface area contributed by atoms with Crippen LogP contribution in [0.1, 0.15) is 16.9 Å². The Bertz CT molecular complexity index is 755. The molecule has 2 heterocycles. The number of guanidine groups is 1. The van der Waals surface area contributed by atoms with E-state index in [-0.39, 0.29) is 0 Å². The van der Waals surface area contributed by atoms with E-state index in [0.29, 0.717) is 6.54 Å². The van der Waals surface area contributed by atoms with Gasteiger partial charge in [-0.15, -0.1) is 0 Å². The first-order valence-corrected chi connectivity index (χ1v) is 10.2. The average molecular weight is 401 g/mol. The van der Waals surface area contributed by atoms with Crippen LogP contribution in [-0.2, 0) is 17.7 Å². The van der Waals surface area contributed by atoms with E-state index in [9.17, 15) is 0 Å². The molecule has 0 atom stereocenters. The number of methoxy groups -OCH3 is 1. The lowest BCUT2D eigenvalue weighted by Crippen LogP contribution is -2.44. The molecule has 0 aliphatic carbocycles. The Morgan fingerprint density at radius 2 is 2.00 bits per heavy atom. The van der Waals surface area contributed by atoms with Crippen LogP contribution in [0.5, 0.6) is 5.75 Å². The summed E-state index contributed by atoms with van der Waals surface area (Å²) < 4.78 is 16.2. The number of ether oxygens (including phenoxy) is 2. The summed E-state index contributed by atoms with van der Waals surface area (Å²) in [4.78, 5) is 7.18. The highest BCUT2D eigenvalue weighted by Gasteiger charge is 2.10.